The van der Waals surface area contributed by atoms with Gasteiger partial charge in [-0.3, -0.25) is 4.79 Å². The lowest BCUT2D eigenvalue weighted by Crippen LogP contribution is -2.28. The van der Waals surface area contributed by atoms with Crippen molar-refractivity contribution in [3.8, 4) is 11.5 Å². The molecule has 0 fully saturated rings. The van der Waals surface area contributed by atoms with Gasteiger partial charge < -0.3 is 14.2 Å². The molecule has 22 heavy (non-hydrogen) atoms. The van der Waals surface area contributed by atoms with Crippen LogP contribution in [-0.2, 0) is 9.47 Å². The van der Waals surface area contributed by atoms with Crippen molar-refractivity contribution in [2.75, 3.05) is 13.2 Å². The lowest BCUT2D eigenvalue weighted by molar-refractivity contribution is -0.107. The first-order valence-electron chi connectivity index (χ1n) is 7.35. The molecule has 2 rings (SSSR count). The molecule has 0 N–H and O–H groups in total. The molecule has 0 aliphatic heterocycles. The number of benzene rings is 2. The van der Waals surface area contributed by atoms with E-state index in [9.17, 15) is 4.79 Å². The van der Waals surface area contributed by atoms with Crippen LogP contribution in [0.5, 0.6) is 11.5 Å². The minimum Gasteiger partial charge on any atom is -0.457 e. The second kappa shape index (κ2) is 8.32. The summed E-state index contributed by atoms with van der Waals surface area (Å²) in [5, 5.41) is 0. The van der Waals surface area contributed by atoms with Gasteiger partial charge in [-0.05, 0) is 38.1 Å². The zero-order chi connectivity index (χ0) is 15.8. The largest absolute Gasteiger partial charge is 0.457 e. The van der Waals surface area contributed by atoms with Crippen molar-refractivity contribution in [3.05, 3.63) is 60.2 Å². The molecular weight excluding hydrogens is 280 g/mol. The Kier molecular flexibility index (Phi) is 6.13. The topological polar surface area (TPSA) is 44.8 Å². The van der Waals surface area contributed by atoms with Crippen LogP contribution in [0.1, 0.15) is 24.2 Å². The van der Waals surface area contributed by atoms with E-state index in [1.165, 1.54) is 0 Å². The molecular formula is C18H20O4. The van der Waals surface area contributed by atoms with Crippen molar-refractivity contribution in [1.29, 1.82) is 0 Å². The Bertz CT molecular complexity index is 589. The van der Waals surface area contributed by atoms with E-state index in [2.05, 4.69) is 0 Å². The molecule has 0 spiro atoms. The summed E-state index contributed by atoms with van der Waals surface area (Å²) in [5.74, 6) is 0.922. The van der Waals surface area contributed by atoms with E-state index in [4.69, 9.17) is 14.2 Å². The van der Waals surface area contributed by atoms with Crippen molar-refractivity contribution in [2.24, 2.45) is 0 Å². The highest BCUT2D eigenvalue weighted by molar-refractivity contribution is 6.01. The molecule has 0 bridgehead atoms. The van der Waals surface area contributed by atoms with Crippen LogP contribution in [0.3, 0.4) is 0 Å². The molecule has 0 aliphatic rings. The molecule has 0 heterocycles. The van der Waals surface area contributed by atoms with Gasteiger partial charge in [0.1, 0.15) is 11.5 Å². The van der Waals surface area contributed by atoms with E-state index in [0.29, 0.717) is 30.3 Å². The van der Waals surface area contributed by atoms with E-state index in [-0.39, 0.29) is 5.78 Å². The van der Waals surface area contributed by atoms with Crippen LogP contribution in [0.4, 0.5) is 0 Å². The van der Waals surface area contributed by atoms with Crippen molar-refractivity contribution in [1.82, 2.24) is 0 Å². The Morgan fingerprint density at radius 2 is 1.50 bits per heavy atom. The maximum atomic E-state index is 12.6. The average Bonchev–Trinajstić information content (AvgIpc) is 2.55. The highest BCUT2D eigenvalue weighted by Gasteiger charge is 2.23. The number of ether oxygens (including phenoxy) is 3. The molecule has 0 radical (unpaired) electrons. The predicted octanol–water partition coefficient (Wildman–Crippen LogP) is 4.06. The van der Waals surface area contributed by atoms with Crippen molar-refractivity contribution >= 4 is 5.78 Å². The number of rotatable bonds is 8. The van der Waals surface area contributed by atoms with Gasteiger partial charge in [0.15, 0.2) is 0 Å². The summed E-state index contributed by atoms with van der Waals surface area (Å²) >= 11 is 0. The SMILES string of the molecule is CCOC(OCC)C(=O)c1ccccc1Oc1ccccc1. The fraction of sp³-hybridized carbons (Fsp3) is 0.278. The van der Waals surface area contributed by atoms with E-state index in [1.54, 1.807) is 18.2 Å². The van der Waals surface area contributed by atoms with Gasteiger partial charge >= 0.3 is 0 Å². The Hall–Kier alpha value is -2.17. The molecule has 116 valence electrons. The van der Waals surface area contributed by atoms with E-state index in [1.807, 2.05) is 50.2 Å². The second-order valence-electron chi connectivity index (χ2n) is 4.52. The van der Waals surface area contributed by atoms with Gasteiger partial charge in [0.05, 0.1) is 5.56 Å². The molecule has 0 aromatic heterocycles. The summed E-state index contributed by atoms with van der Waals surface area (Å²) in [6.07, 6.45) is -0.907. The summed E-state index contributed by atoms with van der Waals surface area (Å²) in [6.45, 7) is 4.45. The first-order chi connectivity index (χ1) is 10.8. The predicted molar refractivity (Wildman–Crippen MR) is 84.3 cm³/mol. The van der Waals surface area contributed by atoms with Crippen molar-refractivity contribution < 1.29 is 19.0 Å². The fourth-order valence-electron chi connectivity index (χ4n) is 2.00. The smallest absolute Gasteiger partial charge is 0.222 e. The van der Waals surface area contributed by atoms with Gasteiger partial charge in [-0.15, -0.1) is 0 Å². The Balaban J connectivity index is 2.25. The van der Waals surface area contributed by atoms with Crippen molar-refractivity contribution in [3.63, 3.8) is 0 Å². The quantitative estimate of drug-likeness (QED) is 0.545. The van der Waals surface area contributed by atoms with Gasteiger partial charge in [0, 0.05) is 13.2 Å². The molecule has 0 unspecified atom stereocenters. The molecule has 0 aliphatic carbocycles. The number of para-hydroxylation sites is 2. The summed E-state index contributed by atoms with van der Waals surface area (Å²) in [6, 6.07) is 16.4. The fourth-order valence-corrected chi connectivity index (χ4v) is 2.00. The Morgan fingerprint density at radius 1 is 0.909 bits per heavy atom. The minimum atomic E-state index is -0.907. The van der Waals surface area contributed by atoms with Crippen LogP contribution in [0, 0.1) is 0 Å². The van der Waals surface area contributed by atoms with Crippen LogP contribution in [0.15, 0.2) is 54.6 Å². The van der Waals surface area contributed by atoms with E-state index < -0.39 is 6.29 Å². The molecule has 0 amide bonds. The Morgan fingerprint density at radius 3 is 2.14 bits per heavy atom. The van der Waals surface area contributed by atoms with Gasteiger partial charge in [0.2, 0.25) is 12.1 Å². The van der Waals surface area contributed by atoms with Gasteiger partial charge in [-0.2, -0.15) is 0 Å². The number of carbonyl (C=O) groups excluding carboxylic acids is 1. The lowest BCUT2D eigenvalue weighted by Gasteiger charge is -2.17. The van der Waals surface area contributed by atoms with E-state index in [0.717, 1.165) is 0 Å². The zero-order valence-corrected chi connectivity index (χ0v) is 12.8. The van der Waals surface area contributed by atoms with Crippen LogP contribution >= 0.6 is 0 Å². The number of ketones is 1. The van der Waals surface area contributed by atoms with Gasteiger partial charge in [0.25, 0.3) is 0 Å². The molecule has 0 atom stereocenters. The lowest BCUT2D eigenvalue weighted by atomic mass is 10.1. The maximum absolute atomic E-state index is 12.6. The average molecular weight is 300 g/mol. The molecule has 0 saturated heterocycles. The second-order valence-corrected chi connectivity index (χ2v) is 4.52. The number of Topliss-reactive ketones (excluding diaryl/α,β-unsaturated/α-hetero) is 1. The molecule has 4 nitrogen and oxygen atoms in total. The Labute approximate surface area is 130 Å². The first-order valence-corrected chi connectivity index (χ1v) is 7.35. The summed E-state index contributed by atoms with van der Waals surface area (Å²) < 4.78 is 16.6. The molecule has 4 heteroatoms. The zero-order valence-electron chi connectivity index (χ0n) is 12.8. The highest BCUT2D eigenvalue weighted by atomic mass is 16.7. The molecule has 2 aromatic rings. The summed E-state index contributed by atoms with van der Waals surface area (Å²) in [5.41, 5.74) is 0.443. The minimum absolute atomic E-state index is 0.241. The standard InChI is InChI=1S/C18H20O4/c1-3-20-18(21-4-2)17(19)15-12-8-9-13-16(15)22-14-10-6-5-7-11-14/h5-13,18H,3-4H2,1-2H3. The molecule has 0 saturated carbocycles. The van der Waals surface area contributed by atoms with Gasteiger partial charge in [-0.1, -0.05) is 30.3 Å². The highest BCUT2D eigenvalue weighted by Crippen LogP contribution is 2.26. The number of hydrogen-bond acceptors (Lipinski definition) is 4. The third kappa shape index (κ3) is 4.16. The third-order valence-electron chi connectivity index (χ3n) is 2.97. The van der Waals surface area contributed by atoms with Crippen LogP contribution in [0.25, 0.3) is 0 Å². The summed E-state index contributed by atoms with van der Waals surface area (Å²) in [4.78, 5) is 12.6. The summed E-state index contributed by atoms with van der Waals surface area (Å²) in [7, 11) is 0. The van der Waals surface area contributed by atoms with Crippen molar-refractivity contribution in [2.45, 2.75) is 20.1 Å². The van der Waals surface area contributed by atoms with Crippen LogP contribution in [0.2, 0.25) is 0 Å². The number of carbonyl (C=O) groups is 1. The monoisotopic (exact) mass is 300 g/mol. The normalized spacial score (nSPS) is 10.7. The van der Waals surface area contributed by atoms with Gasteiger partial charge in [-0.25, -0.2) is 0 Å². The third-order valence-corrected chi connectivity index (χ3v) is 2.97. The number of hydrogen-bond donors (Lipinski definition) is 0. The van der Waals surface area contributed by atoms with Crippen LogP contribution < -0.4 is 4.74 Å². The van der Waals surface area contributed by atoms with Crippen LogP contribution in [-0.4, -0.2) is 25.3 Å². The molecule has 2 aromatic carbocycles. The first kappa shape index (κ1) is 16.2. The van der Waals surface area contributed by atoms with E-state index >= 15 is 0 Å². The maximum Gasteiger partial charge on any atom is 0.222 e.